The highest BCUT2D eigenvalue weighted by molar-refractivity contribution is 6.30. The molecule has 1 heterocycles. The Morgan fingerprint density at radius 3 is 2.73 bits per heavy atom. The molecule has 0 atom stereocenters. The SMILES string of the molecule is CCCOc1cn(-c2ccc(F)cc2)nc1C(=O)Nc1cccc(Cl)c1. The Bertz CT molecular complexity index is 909. The topological polar surface area (TPSA) is 56.2 Å². The van der Waals surface area contributed by atoms with Crippen LogP contribution in [-0.4, -0.2) is 22.3 Å². The van der Waals surface area contributed by atoms with E-state index in [-0.39, 0.29) is 11.5 Å². The molecule has 134 valence electrons. The maximum atomic E-state index is 13.1. The Morgan fingerprint density at radius 1 is 1.27 bits per heavy atom. The second kappa shape index (κ2) is 8.01. The van der Waals surface area contributed by atoms with Crippen molar-refractivity contribution in [3.05, 3.63) is 71.3 Å². The fraction of sp³-hybridized carbons (Fsp3) is 0.158. The van der Waals surface area contributed by atoms with Gasteiger partial charge in [0.15, 0.2) is 11.4 Å². The van der Waals surface area contributed by atoms with Crippen molar-refractivity contribution in [2.45, 2.75) is 13.3 Å². The lowest BCUT2D eigenvalue weighted by molar-refractivity contribution is 0.101. The zero-order valence-corrected chi connectivity index (χ0v) is 14.8. The van der Waals surface area contributed by atoms with Gasteiger partial charge in [-0.2, -0.15) is 5.10 Å². The van der Waals surface area contributed by atoms with Crippen LogP contribution >= 0.6 is 11.6 Å². The minimum atomic E-state index is -0.417. The number of hydrogen-bond donors (Lipinski definition) is 1. The number of anilines is 1. The summed E-state index contributed by atoms with van der Waals surface area (Å²) in [6.45, 7) is 2.42. The van der Waals surface area contributed by atoms with Crippen molar-refractivity contribution < 1.29 is 13.9 Å². The van der Waals surface area contributed by atoms with Crippen molar-refractivity contribution in [3.63, 3.8) is 0 Å². The van der Waals surface area contributed by atoms with Crippen LogP contribution in [0.2, 0.25) is 5.02 Å². The van der Waals surface area contributed by atoms with E-state index in [1.54, 1.807) is 42.6 Å². The first kappa shape index (κ1) is 17.9. The largest absolute Gasteiger partial charge is 0.489 e. The normalized spacial score (nSPS) is 10.6. The summed E-state index contributed by atoms with van der Waals surface area (Å²) in [4.78, 5) is 12.6. The molecular formula is C19H17ClFN3O2. The van der Waals surface area contributed by atoms with E-state index < -0.39 is 5.91 Å². The van der Waals surface area contributed by atoms with Gasteiger partial charge in [-0.15, -0.1) is 0 Å². The molecule has 0 spiro atoms. The molecule has 2 aromatic carbocycles. The molecule has 3 rings (SSSR count). The molecule has 1 aromatic heterocycles. The Morgan fingerprint density at radius 2 is 2.04 bits per heavy atom. The number of nitrogens with zero attached hydrogens (tertiary/aromatic N) is 2. The van der Waals surface area contributed by atoms with Gasteiger partial charge < -0.3 is 10.1 Å². The summed E-state index contributed by atoms with van der Waals surface area (Å²) in [7, 11) is 0. The van der Waals surface area contributed by atoms with Crippen LogP contribution in [0.1, 0.15) is 23.8 Å². The molecule has 1 amide bonds. The van der Waals surface area contributed by atoms with Gasteiger partial charge in [-0.05, 0) is 48.9 Å². The molecule has 0 saturated carbocycles. The Labute approximate surface area is 155 Å². The Kier molecular flexibility index (Phi) is 5.53. The molecule has 26 heavy (non-hydrogen) atoms. The van der Waals surface area contributed by atoms with Crippen LogP contribution in [0.4, 0.5) is 10.1 Å². The molecular weight excluding hydrogens is 357 g/mol. The van der Waals surface area contributed by atoms with Gasteiger partial charge in [-0.25, -0.2) is 9.07 Å². The number of amides is 1. The number of aromatic nitrogens is 2. The zero-order valence-electron chi connectivity index (χ0n) is 14.1. The summed E-state index contributed by atoms with van der Waals surface area (Å²) >= 11 is 5.94. The molecule has 3 aromatic rings. The molecule has 1 N–H and O–H groups in total. The van der Waals surface area contributed by atoms with E-state index >= 15 is 0 Å². The Balaban J connectivity index is 1.90. The van der Waals surface area contributed by atoms with Crippen molar-refractivity contribution in [1.82, 2.24) is 9.78 Å². The van der Waals surface area contributed by atoms with Crippen molar-refractivity contribution in [3.8, 4) is 11.4 Å². The van der Waals surface area contributed by atoms with Crippen molar-refractivity contribution >= 4 is 23.2 Å². The number of nitrogens with one attached hydrogen (secondary N) is 1. The van der Waals surface area contributed by atoms with Gasteiger partial charge >= 0.3 is 0 Å². The number of ether oxygens (including phenoxy) is 1. The predicted molar refractivity (Wildman–Crippen MR) is 98.7 cm³/mol. The third kappa shape index (κ3) is 4.21. The van der Waals surface area contributed by atoms with Gasteiger partial charge in [0.2, 0.25) is 0 Å². The Hall–Kier alpha value is -2.86. The third-order valence-corrected chi connectivity index (χ3v) is 3.77. The molecule has 5 nitrogen and oxygen atoms in total. The van der Waals surface area contributed by atoms with E-state index in [4.69, 9.17) is 16.3 Å². The van der Waals surface area contributed by atoms with Gasteiger partial charge in [0, 0.05) is 10.7 Å². The highest BCUT2D eigenvalue weighted by atomic mass is 35.5. The van der Waals surface area contributed by atoms with E-state index in [9.17, 15) is 9.18 Å². The molecule has 7 heteroatoms. The van der Waals surface area contributed by atoms with Crippen LogP contribution in [-0.2, 0) is 0 Å². The minimum Gasteiger partial charge on any atom is -0.489 e. The molecule has 0 unspecified atom stereocenters. The minimum absolute atomic E-state index is 0.141. The van der Waals surface area contributed by atoms with Crippen LogP contribution in [0.15, 0.2) is 54.7 Å². The van der Waals surface area contributed by atoms with Crippen LogP contribution in [0.5, 0.6) is 5.75 Å². The van der Waals surface area contributed by atoms with E-state index in [2.05, 4.69) is 10.4 Å². The lowest BCUT2D eigenvalue weighted by atomic mass is 10.3. The first-order chi connectivity index (χ1) is 12.6. The molecule has 0 fully saturated rings. The summed E-state index contributed by atoms with van der Waals surface area (Å²) in [5, 5.41) is 7.57. The molecule has 0 bridgehead atoms. The maximum absolute atomic E-state index is 13.1. The van der Waals surface area contributed by atoms with E-state index in [1.807, 2.05) is 6.92 Å². The third-order valence-electron chi connectivity index (χ3n) is 3.53. The summed E-state index contributed by atoms with van der Waals surface area (Å²) in [6.07, 6.45) is 2.40. The highest BCUT2D eigenvalue weighted by Gasteiger charge is 2.19. The molecule has 0 aliphatic rings. The first-order valence-electron chi connectivity index (χ1n) is 8.12. The van der Waals surface area contributed by atoms with Gasteiger partial charge in [0.1, 0.15) is 5.82 Å². The number of carbonyl (C=O) groups is 1. The van der Waals surface area contributed by atoms with Gasteiger partial charge in [-0.1, -0.05) is 24.6 Å². The lowest BCUT2D eigenvalue weighted by Crippen LogP contribution is -2.14. The fourth-order valence-electron chi connectivity index (χ4n) is 2.32. The summed E-state index contributed by atoms with van der Waals surface area (Å²) in [5.74, 6) is -0.405. The van der Waals surface area contributed by atoms with Gasteiger partial charge in [0.05, 0.1) is 18.5 Å². The van der Waals surface area contributed by atoms with Crippen molar-refractivity contribution in [2.75, 3.05) is 11.9 Å². The quantitative estimate of drug-likeness (QED) is 0.681. The average Bonchev–Trinajstić information content (AvgIpc) is 3.05. The average molecular weight is 374 g/mol. The van der Waals surface area contributed by atoms with Crippen LogP contribution in [0.3, 0.4) is 0 Å². The lowest BCUT2D eigenvalue weighted by Gasteiger charge is -2.06. The fourth-order valence-corrected chi connectivity index (χ4v) is 2.51. The predicted octanol–water partition coefficient (Wildman–Crippen LogP) is 4.71. The summed E-state index contributed by atoms with van der Waals surface area (Å²) in [6, 6.07) is 12.6. The second-order valence-electron chi connectivity index (χ2n) is 5.58. The molecule has 0 aliphatic carbocycles. The molecule has 0 radical (unpaired) electrons. The van der Waals surface area contributed by atoms with Crippen LogP contribution in [0, 0.1) is 5.82 Å². The van der Waals surface area contributed by atoms with E-state index in [0.29, 0.717) is 28.8 Å². The number of halogens is 2. The van der Waals surface area contributed by atoms with Gasteiger partial charge in [-0.3, -0.25) is 4.79 Å². The number of hydrogen-bond acceptors (Lipinski definition) is 3. The smallest absolute Gasteiger partial charge is 0.280 e. The van der Waals surface area contributed by atoms with Crippen molar-refractivity contribution in [2.24, 2.45) is 0 Å². The standard InChI is InChI=1S/C19H17ClFN3O2/c1-2-10-26-17-12-24(16-8-6-14(21)7-9-16)23-18(17)19(25)22-15-5-3-4-13(20)11-15/h3-9,11-12H,2,10H2,1H3,(H,22,25). The maximum Gasteiger partial charge on any atom is 0.280 e. The van der Waals surface area contributed by atoms with Crippen LogP contribution < -0.4 is 10.1 Å². The zero-order chi connectivity index (χ0) is 18.5. The number of benzene rings is 2. The summed E-state index contributed by atoms with van der Waals surface area (Å²) < 4.78 is 20.3. The first-order valence-corrected chi connectivity index (χ1v) is 8.50. The summed E-state index contributed by atoms with van der Waals surface area (Å²) in [5.41, 5.74) is 1.32. The second-order valence-corrected chi connectivity index (χ2v) is 6.01. The number of rotatable bonds is 6. The monoisotopic (exact) mass is 373 g/mol. The van der Waals surface area contributed by atoms with Crippen LogP contribution in [0.25, 0.3) is 5.69 Å². The van der Waals surface area contributed by atoms with E-state index in [0.717, 1.165) is 6.42 Å². The highest BCUT2D eigenvalue weighted by Crippen LogP contribution is 2.23. The van der Waals surface area contributed by atoms with Crippen molar-refractivity contribution in [1.29, 1.82) is 0 Å². The van der Waals surface area contributed by atoms with E-state index in [1.165, 1.54) is 16.8 Å². The molecule has 0 saturated heterocycles. The number of carbonyl (C=O) groups excluding carboxylic acids is 1. The van der Waals surface area contributed by atoms with Gasteiger partial charge in [0.25, 0.3) is 5.91 Å². The molecule has 0 aliphatic heterocycles.